The number of ether oxygens (including phenoxy) is 1. The molecule has 1 aliphatic heterocycles. The lowest BCUT2D eigenvalue weighted by atomic mass is 9.80. The second-order valence-electron chi connectivity index (χ2n) is 7.16. The standard InChI is InChI=1S/C18H23FN4O2S/c19-13-1-2-15-16(11-13)26-21-17(15)23-7-5-22(6-8-23)4-3-12-9-14(10-12)25-18(20)24/h1-2,11-12,14H,3-10H2,(H2,20,24). The Labute approximate surface area is 155 Å². The summed E-state index contributed by atoms with van der Waals surface area (Å²) in [7, 11) is 0. The quantitative estimate of drug-likeness (QED) is 0.866. The van der Waals surface area contributed by atoms with Crippen molar-refractivity contribution in [3.8, 4) is 0 Å². The number of nitrogens with two attached hydrogens (primary N) is 1. The predicted octanol–water partition coefficient (Wildman–Crippen LogP) is 2.82. The Bertz CT molecular complexity index is 785. The van der Waals surface area contributed by atoms with Crippen LogP contribution in [-0.2, 0) is 4.74 Å². The number of hydrogen-bond donors (Lipinski definition) is 1. The Morgan fingerprint density at radius 2 is 2.08 bits per heavy atom. The minimum absolute atomic E-state index is 0.0251. The first kappa shape index (κ1) is 17.5. The minimum atomic E-state index is -0.665. The average molecular weight is 378 g/mol. The van der Waals surface area contributed by atoms with Gasteiger partial charge in [0.25, 0.3) is 0 Å². The van der Waals surface area contributed by atoms with Crippen molar-refractivity contribution in [2.75, 3.05) is 37.6 Å². The number of piperazine rings is 1. The number of benzene rings is 1. The minimum Gasteiger partial charge on any atom is -0.446 e. The van der Waals surface area contributed by atoms with Crippen molar-refractivity contribution < 1.29 is 13.9 Å². The zero-order chi connectivity index (χ0) is 18.1. The van der Waals surface area contributed by atoms with Gasteiger partial charge in [0.15, 0.2) is 0 Å². The van der Waals surface area contributed by atoms with E-state index in [1.807, 2.05) is 6.07 Å². The highest BCUT2D eigenvalue weighted by Gasteiger charge is 2.32. The van der Waals surface area contributed by atoms with E-state index in [4.69, 9.17) is 10.5 Å². The number of aromatic nitrogens is 1. The highest BCUT2D eigenvalue weighted by atomic mass is 32.1. The monoisotopic (exact) mass is 378 g/mol. The maximum Gasteiger partial charge on any atom is 0.404 e. The van der Waals surface area contributed by atoms with Crippen LogP contribution in [0.2, 0.25) is 0 Å². The summed E-state index contributed by atoms with van der Waals surface area (Å²) >= 11 is 1.36. The molecular formula is C18H23FN4O2S. The van der Waals surface area contributed by atoms with Gasteiger partial charge in [-0.05, 0) is 61.5 Å². The van der Waals surface area contributed by atoms with Crippen molar-refractivity contribution in [3.05, 3.63) is 24.0 Å². The highest BCUT2D eigenvalue weighted by molar-refractivity contribution is 7.13. The van der Waals surface area contributed by atoms with Crippen molar-refractivity contribution in [1.29, 1.82) is 0 Å². The van der Waals surface area contributed by atoms with Crippen LogP contribution in [0, 0.1) is 11.7 Å². The predicted molar refractivity (Wildman–Crippen MR) is 100 cm³/mol. The first-order valence-corrected chi connectivity index (χ1v) is 9.84. The SMILES string of the molecule is NC(=O)OC1CC(CCN2CCN(c3nsc4cc(F)ccc34)CC2)C1. The summed E-state index contributed by atoms with van der Waals surface area (Å²) in [5.41, 5.74) is 5.04. The number of hydrogen-bond acceptors (Lipinski definition) is 6. The van der Waals surface area contributed by atoms with Crippen molar-refractivity contribution in [1.82, 2.24) is 9.27 Å². The maximum atomic E-state index is 13.3. The Morgan fingerprint density at radius 3 is 2.81 bits per heavy atom. The summed E-state index contributed by atoms with van der Waals surface area (Å²) in [6.45, 7) is 4.97. The van der Waals surface area contributed by atoms with Crippen LogP contribution in [-0.4, -0.2) is 54.2 Å². The van der Waals surface area contributed by atoms with Gasteiger partial charge in [-0.15, -0.1) is 0 Å². The lowest BCUT2D eigenvalue weighted by Crippen LogP contribution is -2.47. The van der Waals surface area contributed by atoms with E-state index in [9.17, 15) is 9.18 Å². The molecule has 1 saturated carbocycles. The van der Waals surface area contributed by atoms with Gasteiger partial charge < -0.3 is 15.4 Å². The number of nitrogens with zero attached hydrogens (tertiary/aromatic N) is 3. The maximum absolute atomic E-state index is 13.3. The zero-order valence-corrected chi connectivity index (χ0v) is 15.4. The van der Waals surface area contributed by atoms with E-state index in [1.54, 1.807) is 6.07 Å². The van der Waals surface area contributed by atoms with E-state index in [2.05, 4.69) is 14.2 Å². The Kier molecular flexibility index (Phi) is 4.95. The Balaban J connectivity index is 1.24. The van der Waals surface area contributed by atoms with Gasteiger partial charge in [0.05, 0.1) is 4.70 Å². The van der Waals surface area contributed by atoms with Crippen LogP contribution < -0.4 is 10.6 Å². The summed E-state index contributed by atoms with van der Waals surface area (Å²) in [6, 6.07) is 4.89. The molecule has 2 heterocycles. The van der Waals surface area contributed by atoms with Crippen LogP contribution in [0.4, 0.5) is 15.0 Å². The van der Waals surface area contributed by atoms with E-state index in [0.29, 0.717) is 5.92 Å². The molecular weight excluding hydrogens is 355 g/mol. The first-order valence-electron chi connectivity index (χ1n) is 9.07. The van der Waals surface area contributed by atoms with Crippen LogP contribution in [0.25, 0.3) is 10.1 Å². The summed E-state index contributed by atoms with van der Waals surface area (Å²) in [6.07, 6.45) is 2.37. The fraction of sp³-hybridized carbons (Fsp3) is 0.556. The third-order valence-corrected chi connectivity index (χ3v) is 6.21. The fourth-order valence-electron chi connectivity index (χ4n) is 3.85. The molecule has 0 bridgehead atoms. The third-order valence-electron chi connectivity index (χ3n) is 5.42. The summed E-state index contributed by atoms with van der Waals surface area (Å²) in [5.74, 6) is 1.40. The molecule has 2 fully saturated rings. The van der Waals surface area contributed by atoms with E-state index in [1.165, 1.54) is 17.6 Å². The molecule has 8 heteroatoms. The second kappa shape index (κ2) is 7.36. The molecule has 1 aromatic carbocycles. The van der Waals surface area contributed by atoms with Crippen molar-refractivity contribution >= 4 is 33.5 Å². The molecule has 1 aromatic heterocycles. The zero-order valence-electron chi connectivity index (χ0n) is 14.6. The smallest absolute Gasteiger partial charge is 0.404 e. The second-order valence-corrected chi connectivity index (χ2v) is 7.97. The summed E-state index contributed by atoms with van der Waals surface area (Å²) < 4.78 is 23.8. The van der Waals surface area contributed by atoms with E-state index >= 15 is 0 Å². The molecule has 140 valence electrons. The van der Waals surface area contributed by atoms with Crippen LogP contribution in [0.5, 0.6) is 0 Å². The largest absolute Gasteiger partial charge is 0.446 e. The van der Waals surface area contributed by atoms with Gasteiger partial charge >= 0.3 is 6.09 Å². The lowest BCUT2D eigenvalue weighted by molar-refractivity contribution is 0.0160. The molecule has 1 amide bonds. The Hall–Kier alpha value is -1.93. The van der Waals surface area contributed by atoms with Gasteiger partial charge in [0.1, 0.15) is 17.7 Å². The molecule has 2 N–H and O–H groups in total. The molecule has 6 nitrogen and oxygen atoms in total. The number of fused-ring (bicyclic) bond motifs is 1. The number of halogens is 1. The van der Waals surface area contributed by atoms with Gasteiger partial charge in [-0.2, -0.15) is 4.37 Å². The van der Waals surface area contributed by atoms with Crippen molar-refractivity contribution in [2.45, 2.75) is 25.4 Å². The van der Waals surface area contributed by atoms with Crippen LogP contribution >= 0.6 is 11.5 Å². The summed E-state index contributed by atoms with van der Waals surface area (Å²) in [4.78, 5) is 15.5. The van der Waals surface area contributed by atoms with Gasteiger partial charge in [0.2, 0.25) is 0 Å². The third kappa shape index (κ3) is 3.76. The number of amides is 1. The fourth-order valence-corrected chi connectivity index (χ4v) is 4.67. The summed E-state index contributed by atoms with van der Waals surface area (Å²) in [5, 5.41) is 1.04. The van der Waals surface area contributed by atoms with Gasteiger partial charge in [-0.1, -0.05) is 0 Å². The van der Waals surface area contributed by atoms with E-state index in [0.717, 1.165) is 67.9 Å². The molecule has 4 rings (SSSR count). The van der Waals surface area contributed by atoms with E-state index in [-0.39, 0.29) is 11.9 Å². The molecule has 1 saturated heterocycles. The van der Waals surface area contributed by atoms with Gasteiger partial charge in [-0.25, -0.2) is 9.18 Å². The number of carbonyl (C=O) groups is 1. The number of carbonyl (C=O) groups excluding carboxylic acids is 1. The number of anilines is 1. The topological polar surface area (TPSA) is 71.7 Å². The van der Waals surface area contributed by atoms with E-state index < -0.39 is 6.09 Å². The molecule has 0 spiro atoms. The van der Waals surface area contributed by atoms with Crippen LogP contribution in [0.3, 0.4) is 0 Å². The van der Waals surface area contributed by atoms with Crippen LogP contribution in [0.15, 0.2) is 18.2 Å². The molecule has 2 aliphatic rings. The normalized spacial score (nSPS) is 23.8. The molecule has 0 atom stereocenters. The highest BCUT2D eigenvalue weighted by Crippen LogP contribution is 2.33. The number of primary amides is 1. The molecule has 0 unspecified atom stereocenters. The van der Waals surface area contributed by atoms with Gasteiger partial charge in [-0.3, -0.25) is 4.90 Å². The van der Waals surface area contributed by atoms with Crippen LogP contribution in [0.1, 0.15) is 19.3 Å². The number of rotatable bonds is 5. The molecule has 1 aliphatic carbocycles. The molecule has 0 radical (unpaired) electrons. The Morgan fingerprint density at radius 1 is 1.31 bits per heavy atom. The lowest BCUT2D eigenvalue weighted by Gasteiger charge is -2.38. The molecule has 2 aromatic rings. The molecule has 26 heavy (non-hydrogen) atoms. The van der Waals surface area contributed by atoms with Crippen molar-refractivity contribution in [2.24, 2.45) is 11.7 Å². The first-order chi connectivity index (χ1) is 12.6. The average Bonchev–Trinajstić information content (AvgIpc) is 3.00. The van der Waals surface area contributed by atoms with Gasteiger partial charge in [0, 0.05) is 31.6 Å². The van der Waals surface area contributed by atoms with Crippen molar-refractivity contribution in [3.63, 3.8) is 0 Å².